The molecule has 1 aromatic heterocycles. The van der Waals surface area contributed by atoms with Crippen molar-refractivity contribution in [1.82, 2.24) is 10.3 Å². The summed E-state index contributed by atoms with van der Waals surface area (Å²) in [4.78, 5) is 16.5. The van der Waals surface area contributed by atoms with Gasteiger partial charge in [-0.1, -0.05) is 30.3 Å². The Labute approximate surface area is 148 Å². The lowest BCUT2D eigenvalue weighted by molar-refractivity contribution is 0.0857. The molecule has 1 unspecified atom stereocenters. The van der Waals surface area contributed by atoms with Crippen LogP contribution in [0.4, 0.5) is 5.82 Å². The van der Waals surface area contributed by atoms with E-state index in [-0.39, 0.29) is 12.0 Å². The van der Waals surface area contributed by atoms with Crippen LogP contribution in [-0.4, -0.2) is 36.7 Å². The van der Waals surface area contributed by atoms with Crippen LogP contribution >= 0.6 is 0 Å². The third-order valence-corrected chi connectivity index (χ3v) is 4.33. The number of hydrogen-bond acceptors (Lipinski definition) is 4. The molecule has 3 rings (SSSR count). The molecule has 1 saturated heterocycles. The summed E-state index contributed by atoms with van der Waals surface area (Å²) in [6.07, 6.45) is 5.95. The number of aryl methyl sites for hydroxylation is 1. The first-order valence-corrected chi connectivity index (χ1v) is 8.95. The van der Waals surface area contributed by atoms with Crippen molar-refractivity contribution in [3.05, 3.63) is 59.8 Å². The number of ether oxygens (including phenoxy) is 1. The summed E-state index contributed by atoms with van der Waals surface area (Å²) in [5.41, 5.74) is 1.96. The Morgan fingerprint density at radius 3 is 2.92 bits per heavy atom. The molecule has 2 aromatic rings. The van der Waals surface area contributed by atoms with Gasteiger partial charge in [0, 0.05) is 31.5 Å². The molecule has 132 valence electrons. The van der Waals surface area contributed by atoms with Crippen molar-refractivity contribution < 1.29 is 9.53 Å². The number of rotatable bonds is 8. The van der Waals surface area contributed by atoms with Gasteiger partial charge in [-0.3, -0.25) is 4.79 Å². The van der Waals surface area contributed by atoms with E-state index in [1.165, 1.54) is 5.56 Å². The smallest absolute Gasteiger partial charge is 0.251 e. The monoisotopic (exact) mass is 339 g/mol. The molecule has 5 nitrogen and oxygen atoms in total. The zero-order valence-corrected chi connectivity index (χ0v) is 14.4. The van der Waals surface area contributed by atoms with Crippen molar-refractivity contribution in [3.63, 3.8) is 0 Å². The Morgan fingerprint density at radius 1 is 1.24 bits per heavy atom. The summed E-state index contributed by atoms with van der Waals surface area (Å²) >= 11 is 0. The number of carbonyl (C=O) groups is 1. The van der Waals surface area contributed by atoms with E-state index in [0.29, 0.717) is 12.1 Å². The fraction of sp³-hybridized carbons (Fsp3) is 0.400. The molecule has 1 fully saturated rings. The van der Waals surface area contributed by atoms with Crippen molar-refractivity contribution in [1.29, 1.82) is 0 Å². The van der Waals surface area contributed by atoms with E-state index >= 15 is 0 Å². The average molecular weight is 339 g/mol. The van der Waals surface area contributed by atoms with Gasteiger partial charge in [-0.2, -0.15) is 0 Å². The number of benzene rings is 1. The van der Waals surface area contributed by atoms with Gasteiger partial charge in [-0.15, -0.1) is 0 Å². The molecule has 2 N–H and O–H groups in total. The van der Waals surface area contributed by atoms with E-state index in [1.807, 2.05) is 6.07 Å². The molecule has 0 radical (unpaired) electrons. The molecule has 0 aliphatic carbocycles. The molecule has 1 aliphatic rings. The lowest BCUT2D eigenvalue weighted by Gasteiger charge is -2.11. The number of anilines is 1. The van der Waals surface area contributed by atoms with E-state index in [2.05, 4.69) is 39.9 Å². The van der Waals surface area contributed by atoms with E-state index in [1.54, 1.807) is 18.3 Å². The van der Waals surface area contributed by atoms with Crippen LogP contribution in [0.3, 0.4) is 0 Å². The molecule has 0 saturated carbocycles. The molecule has 0 bridgehead atoms. The molecular weight excluding hydrogens is 314 g/mol. The number of nitrogens with zero attached hydrogens (tertiary/aromatic N) is 1. The Morgan fingerprint density at radius 2 is 2.12 bits per heavy atom. The van der Waals surface area contributed by atoms with Gasteiger partial charge in [0.05, 0.1) is 6.10 Å². The van der Waals surface area contributed by atoms with Crippen molar-refractivity contribution >= 4 is 11.7 Å². The molecule has 0 spiro atoms. The van der Waals surface area contributed by atoms with Crippen LogP contribution in [0.15, 0.2) is 48.7 Å². The Kier molecular flexibility index (Phi) is 6.40. The van der Waals surface area contributed by atoms with Crippen molar-refractivity contribution in [3.8, 4) is 0 Å². The summed E-state index contributed by atoms with van der Waals surface area (Å²) in [6, 6.07) is 14.0. The highest BCUT2D eigenvalue weighted by Crippen LogP contribution is 2.12. The zero-order chi connectivity index (χ0) is 17.3. The first kappa shape index (κ1) is 17.4. The van der Waals surface area contributed by atoms with Crippen LogP contribution in [0.25, 0.3) is 0 Å². The standard InChI is InChI=1S/C20H25N3O2/c24-20(23-15-18-9-5-13-25-18)17-10-12-22-19(14-17)21-11-4-8-16-6-2-1-3-7-16/h1-3,6-7,10,12,14,18H,4-5,8-9,11,13,15H2,(H,21,22)(H,23,24). The molecule has 1 aromatic carbocycles. The molecule has 5 heteroatoms. The summed E-state index contributed by atoms with van der Waals surface area (Å²) in [7, 11) is 0. The van der Waals surface area contributed by atoms with Crippen LogP contribution in [0.2, 0.25) is 0 Å². The minimum atomic E-state index is -0.0785. The molecule has 25 heavy (non-hydrogen) atoms. The highest BCUT2D eigenvalue weighted by molar-refractivity contribution is 5.94. The van der Waals surface area contributed by atoms with Gasteiger partial charge < -0.3 is 15.4 Å². The predicted molar refractivity (Wildman–Crippen MR) is 98.8 cm³/mol. The number of hydrogen-bond donors (Lipinski definition) is 2. The highest BCUT2D eigenvalue weighted by atomic mass is 16.5. The second-order valence-corrected chi connectivity index (χ2v) is 6.29. The van der Waals surface area contributed by atoms with E-state index in [4.69, 9.17) is 4.74 Å². The lowest BCUT2D eigenvalue weighted by Crippen LogP contribution is -2.31. The number of aromatic nitrogens is 1. The van der Waals surface area contributed by atoms with Gasteiger partial charge in [-0.25, -0.2) is 4.98 Å². The van der Waals surface area contributed by atoms with E-state index in [9.17, 15) is 4.79 Å². The second kappa shape index (κ2) is 9.18. The molecular formula is C20H25N3O2. The fourth-order valence-electron chi connectivity index (χ4n) is 2.94. The molecule has 2 heterocycles. The van der Waals surface area contributed by atoms with E-state index < -0.39 is 0 Å². The fourth-order valence-corrected chi connectivity index (χ4v) is 2.94. The maximum Gasteiger partial charge on any atom is 0.251 e. The Bertz CT molecular complexity index is 670. The van der Waals surface area contributed by atoms with Gasteiger partial charge in [0.2, 0.25) is 0 Å². The lowest BCUT2D eigenvalue weighted by atomic mass is 10.1. The van der Waals surface area contributed by atoms with Crippen LogP contribution in [0, 0.1) is 0 Å². The quantitative estimate of drug-likeness (QED) is 0.726. The van der Waals surface area contributed by atoms with Crippen molar-refractivity contribution in [2.45, 2.75) is 31.8 Å². The van der Waals surface area contributed by atoms with Gasteiger partial charge in [0.15, 0.2) is 0 Å². The Hall–Kier alpha value is -2.40. The van der Waals surface area contributed by atoms with Crippen molar-refractivity contribution in [2.24, 2.45) is 0 Å². The third kappa shape index (κ3) is 5.57. The van der Waals surface area contributed by atoms with Gasteiger partial charge in [0.1, 0.15) is 5.82 Å². The predicted octanol–water partition coefficient (Wildman–Crippen LogP) is 3.04. The van der Waals surface area contributed by atoms with E-state index in [0.717, 1.165) is 44.7 Å². The minimum Gasteiger partial charge on any atom is -0.376 e. The highest BCUT2D eigenvalue weighted by Gasteiger charge is 2.16. The summed E-state index contributed by atoms with van der Waals surface area (Å²) in [5.74, 6) is 0.656. The zero-order valence-electron chi connectivity index (χ0n) is 14.4. The SMILES string of the molecule is O=C(NCC1CCCO1)c1ccnc(NCCCc2ccccc2)c1. The topological polar surface area (TPSA) is 63.2 Å². The largest absolute Gasteiger partial charge is 0.376 e. The number of amides is 1. The van der Waals surface area contributed by atoms with Gasteiger partial charge in [0.25, 0.3) is 5.91 Å². The van der Waals surface area contributed by atoms with Crippen molar-refractivity contribution in [2.75, 3.05) is 25.0 Å². The minimum absolute atomic E-state index is 0.0785. The molecule has 1 atom stereocenters. The summed E-state index contributed by atoms with van der Waals surface area (Å²) < 4.78 is 5.53. The number of pyridine rings is 1. The van der Waals surface area contributed by atoms with Gasteiger partial charge in [-0.05, 0) is 43.4 Å². The second-order valence-electron chi connectivity index (χ2n) is 6.29. The first-order valence-electron chi connectivity index (χ1n) is 8.95. The van der Waals surface area contributed by atoms with Crippen LogP contribution in [0.5, 0.6) is 0 Å². The summed E-state index contributed by atoms with van der Waals surface area (Å²) in [5, 5.41) is 6.23. The van der Waals surface area contributed by atoms with Gasteiger partial charge >= 0.3 is 0 Å². The maximum absolute atomic E-state index is 12.2. The normalized spacial score (nSPS) is 16.6. The van der Waals surface area contributed by atoms with Crippen LogP contribution < -0.4 is 10.6 Å². The average Bonchev–Trinajstić information content (AvgIpc) is 3.18. The number of nitrogens with one attached hydrogen (secondary N) is 2. The third-order valence-electron chi connectivity index (χ3n) is 4.33. The molecule has 1 amide bonds. The number of carbonyl (C=O) groups excluding carboxylic acids is 1. The molecule has 1 aliphatic heterocycles. The summed E-state index contributed by atoms with van der Waals surface area (Å²) in [6.45, 7) is 2.19. The Balaban J connectivity index is 1.43. The first-order chi connectivity index (χ1) is 12.3. The van der Waals surface area contributed by atoms with Crippen LogP contribution in [-0.2, 0) is 11.2 Å². The van der Waals surface area contributed by atoms with Crippen LogP contribution in [0.1, 0.15) is 35.2 Å². The maximum atomic E-state index is 12.2.